The van der Waals surface area contributed by atoms with Gasteiger partial charge in [0, 0.05) is 161 Å². The van der Waals surface area contributed by atoms with Crippen LogP contribution in [0.1, 0.15) is 202 Å². The first-order chi connectivity index (χ1) is 69.9. The molecule has 16 aromatic rings. The van der Waals surface area contributed by atoms with Crippen molar-refractivity contribution < 1.29 is 30.6 Å². The van der Waals surface area contributed by atoms with Gasteiger partial charge in [0.15, 0.2) is 40.6 Å². The minimum Gasteiger partial charge on any atom is -0.389 e. The molecule has 18 heterocycles. The van der Waals surface area contributed by atoms with Crippen LogP contribution in [-0.4, -0.2) is 279 Å². The van der Waals surface area contributed by atoms with Crippen LogP contribution in [0.5, 0.6) is 0 Å². The zero-order valence-electron chi connectivity index (χ0n) is 91.4. The maximum Gasteiger partial charge on any atom is 0.206 e. The molecule has 800 valence electrons. The van der Waals surface area contributed by atoms with Gasteiger partial charge < -0.3 is 132 Å². The summed E-state index contributed by atoms with van der Waals surface area (Å²) in [5.74, 6) is 8.10. The summed E-state index contributed by atoms with van der Waals surface area (Å²) in [6.07, 6.45) is 25.5. The van der Waals surface area contributed by atoms with Crippen molar-refractivity contribution in [1.29, 1.82) is 0 Å². The van der Waals surface area contributed by atoms with Crippen LogP contribution in [0.2, 0.25) is 0 Å². The van der Waals surface area contributed by atoms with Gasteiger partial charge in [-0.15, -0.1) is 0 Å². The Hall–Kier alpha value is -13.7. The molecule has 0 aromatic carbocycles. The molecule has 42 nitrogen and oxygen atoms in total. The predicted molar refractivity (Wildman–Crippen MR) is 604 cm³/mol. The SMILES string of the molecule is CCCN(C)c1nc2c(N)nc(N3CCCCC3)cc2n1CC(C)(C)O.CCCN(C)c1nc2c(N)nc3cccnc3c2n1CC(C)(C)O.CCCN(C)c1nc2c(N)nc3ccncc3c2n1CC(C)(C)O.CCCN(C)c1nc2c(N)nc3cnccc3c2n1CC(C)(C)O.CCCN(C)c1nc2c(N)nc3ncccc3c2n1CC(C)(C)O.CCCN(C)c1nc2c(N)ncc(N3CCCCC3)c2n1CC(C)(C)O. The Balaban J connectivity index is 0.000000148. The van der Waals surface area contributed by atoms with Crippen LogP contribution < -0.4 is 73.6 Å². The number of nitrogens with zero attached hydrogens (tertiary/aromatic N) is 30. The standard InChI is InChI=1S/2C19H32N6O.4C17H24N6O/c1-5-9-23(4)18-22-15-16(25(18)13-19(2,3)26)14(12-21-17(15)20)24-10-7-6-8-11-24;1-5-9-23(4)18-22-16-14(25(18)13-19(2,3)26)12-15(21-17(16)20)24-10-7-6-8-11-24;1-5-9-22(4)16-20-12-13(23(16)10-17(2,3)24)11-7-6-8-19-15(11)21-14(12)18;1-5-9-22(4)16-21-13-14(23(16)10-17(2,3)24)12-11(20-15(13)18)7-6-8-19-12;1-5-8-22(4)16-21-13-14(23(16)10-17(2,3)24)11-9-19-7-6-12(11)20-15(13)18;1-5-8-22(4)16-21-13-14(23(16)10-17(2,3)24)11-6-7-19-9-12(11)20-15(13)18/h2*12,26H,5-11,13H2,1-4H3,(H2,20,21);6-8,24H,5,9-10H2,1-4H3,(H2,18,19,21);6-8,24H,5,9-10H2,1-4H3,(H2,18,20);2*6-7,9,24H,5,8,10H2,1-4H3,(H2,18,20). The second-order valence-corrected chi connectivity index (χ2v) is 43.3. The Morgan fingerprint density at radius 1 is 0.291 bits per heavy atom. The number of aromatic nitrogens is 22. The van der Waals surface area contributed by atoms with E-state index < -0.39 is 33.6 Å². The van der Waals surface area contributed by atoms with Gasteiger partial charge in [-0.05, 0) is 197 Å². The lowest BCUT2D eigenvalue weighted by molar-refractivity contribution is 0.0624. The van der Waals surface area contributed by atoms with Crippen LogP contribution in [0.15, 0.2) is 85.8 Å². The van der Waals surface area contributed by atoms with Crippen molar-refractivity contribution in [3.63, 3.8) is 0 Å². The molecule has 2 saturated heterocycles. The van der Waals surface area contributed by atoms with Crippen LogP contribution in [0.3, 0.4) is 0 Å². The maximum atomic E-state index is 10.5. The van der Waals surface area contributed by atoms with Gasteiger partial charge in [-0.25, -0.2) is 64.8 Å². The van der Waals surface area contributed by atoms with Crippen molar-refractivity contribution in [2.75, 3.05) is 181 Å². The summed E-state index contributed by atoms with van der Waals surface area (Å²) < 4.78 is 12.3. The third kappa shape index (κ3) is 26.2. The summed E-state index contributed by atoms with van der Waals surface area (Å²) in [6, 6.07) is 13.4. The predicted octanol–water partition coefficient (Wildman–Crippen LogP) is 14.0. The molecular weight excluding hydrogens is 1870 g/mol. The van der Waals surface area contributed by atoms with E-state index in [9.17, 15) is 30.6 Å². The minimum atomic E-state index is -0.894. The Bertz CT molecular complexity index is 6640. The second-order valence-electron chi connectivity index (χ2n) is 43.3. The molecule has 148 heavy (non-hydrogen) atoms. The van der Waals surface area contributed by atoms with Gasteiger partial charge in [0.25, 0.3) is 0 Å². The summed E-state index contributed by atoms with van der Waals surface area (Å²) in [6.45, 7) is 46.1. The monoisotopic (exact) mass is 2030 g/mol. The molecule has 42 heteroatoms. The summed E-state index contributed by atoms with van der Waals surface area (Å²) >= 11 is 0. The number of piperidine rings is 2. The molecule has 0 amide bonds. The molecule has 2 aliphatic rings. The van der Waals surface area contributed by atoms with Crippen molar-refractivity contribution in [3.8, 4) is 0 Å². The Labute approximate surface area is 867 Å². The fourth-order valence-electron chi connectivity index (χ4n) is 19.4. The summed E-state index contributed by atoms with van der Waals surface area (Å²) in [7, 11) is 12.0. The largest absolute Gasteiger partial charge is 0.389 e. The average Bonchev–Trinajstić information content (AvgIpc) is 1.61. The fraction of sp³-hybridized carbons (Fsp3) is 0.547. The average molecular weight is 2030 g/mol. The quantitative estimate of drug-likeness (QED) is 0.0186. The molecule has 0 bridgehead atoms. The Morgan fingerprint density at radius 2 is 0.628 bits per heavy atom. The molecule has 0 saturated carbocycles. The molecule has 0 unspecified atom stereocenters. The van der Waals surface area contributed by atoms with E-state index in [1.165, 1.54) is 38.5 Å². The van der Waals surface area contributed by atoms with E-state index in [2.05, 4.69) is 146 Å². The lowest BCUT2D eigenvalue weighted by atomic mass is 10.1. The number of rotatable bonds is 32. The van der Waals surface area contributed by atoms with E-state index in [0.717, 1.165) is 228 Å². The molecule has 18 N–H and O–H groups in total. The van der Waals surface area contributed by atoms with E-state index in [1.807, 2.05) is 131 Å². The molecule has 18 rings (SSSR count). The lowest BCUT2D eigenvalue weighted by Gasteiger charge is -2.30. The zero-order chi connectivity index (χ0) is 108. The van der Waals surface area contributed by atoms with Crippen molar-refractivity contribution in [2.45, 2.75) is 275 Å². The van der Waals surface area contributed by atoms with Gasteiger partial charge in [0.1, 0.15) is 50.0 Å². The van der Waals surface area contributed by atoms with Crippen LogP contribution in [0, 0.1) is 0 Å². The number of nitrogen functional groups attached to an aromatic ring is 6. The normalized spacial score (nSPS) is 13.4. The van der Waals surface area contributed by atoms with Gasteiger partial charge in [-0.3, -0.25) is 15.0 Å². The first kappa shape index (κ1) is 112. The minimum absolute atomic E-state index is 0.358. The summed E-state index contributed by atoms with van der Waals surface area (Å²) in [5.41, 5.74) is 45.8. The Kier molecular flexibility index (Phi) is 35.0. The van der Waals surface area contributed by atoms with Gasteiger partial charge in [-0.1, -0.05) is 41.5 Å². The molecule has 0 radical (unpaired) electrons. The van der Waals surface area contributed by atoms with Gasteiger partial charge in [-0.2, -0.15) is 0 Å². The van der Waals surface area contributed by atoms with Crippen LogP contribution in [0.25, 0.3) is 110 Å². The zero-order valence-corrected chi connectivity index (χ0v) is 91.4. The van der Waals surface area contributed by atoms with Crippen molar-refractivity contribution in [3.05, 3.63) is 85.8 Å². The Morgan fingerprint density at radius 3 is 1.07 bits per heavy atom. The fourth-order valence-corrected chi connectivity index (χ4v) is 19.4. The molecular formula is C106H160N36O6. The number of fused-ring (bicyclic) bond motifs is 14. The first-order valence-corrected chi connectivity index (χ1v) is 51.9. The highest BCUT2D eigenvalue weighted by atomic mass is 16.3. The summed E-state index contributed by atoms with van der Waals surface area (Å²) in [4.78, 5) is 89.6. The number of aliphatic hydroxyl groups is 6. The van der Waals surface area contributed by atoms with E-state index in [0.29, 0.717) is 107 Å². The van der Waals surface area contributed by atoms with Crippen LogP contribution >= 0.6 is 0 Å². The second kappa shape index (κ2) is 46.4. The number of hydrogen-bond acceptors (Lipinski definition) is 36. The number of pyridine rings is 10. The lowest BCUT2D eigenvalue weighted by Crippen LogP contribution is -2.32. The van der Waals surface area contributed by atoms with E-state index in [1.54, 1.807) is 92.6 Å². The highest BCUT2D eigenvalue weighted by Gasteiger charge is 2.34. The topological polar surface area (TPSA) is 539 Å². The van der Waals surface area contributed by atoms with E-state index in [4.69, 9.17) is 64.3 Å². The van der Waals surface area contributed by atoms with E-state index in [-0.39, 0.29) is 0 Å². The van der Waals surface area contributed by atoms with Gasteiger partial charge >= 0.3 is 0 Å². The molecule has 16 aromatic heterocycles. The van der Waals surface area contributed by atoms with E-state index >= 15 is 0 Å². The van der Waals surface area contributed by atoms with Crippen LogP contribution in [-0.2, 0) is 39.3 Å². The molecule has 2 fully saturated rings. The number of imidazole rings is 6. The molecule has 0 atom stereocenters. The molecule has 0 aliphatic carbocycles. The van der Waals surface area contributed by atoms with Crippen molar-refractivity contribution in [2.24, 2.45) is 0 Å². The van der Waals surface area contributed by atoms with Crippen molar-refractivity contribution >= 4 is 192 Å². The number of hydrogen-bond donors (Lipinski definition) is 12. The number of anilines is 14. The van der Waals surface area contributed by atoms with Crippen molar-refractivity contribution in [1.82, 2.24) is 107 Å². The highest BCUT2D eigenvalue weighted by molar-refractivity contribution is 6.10. The van der Waals surface area contributed by atoms with Gasteiger partial charge in [0.2, 0.25) is 35.7 Å². The molecule has 2 aliphatic heterocycles. The van der Waals surface area contributed by atoms with Crippen LogP contribution in [0.4, 0.5) is 82.1 Å². The first-order valence-electron chi connectivity index (χ1n) is 51.9. The summed E-state index contributed by atoms with van der Waals surface area (Å²) in [5, 5.41) is 65.3. The highest BCUT2D eigenvalue weighted by Crippen LogP contribution is 2.42. The third-order valence-corrected chi connectivity index (χ3v) is 25.4. The number of nitrogens with two attached hydrogens (primary N) is 6. The van der Waals surface area contributed by atoms with Gasteiger partial charge in [0.05, 0.1) is 135 Å². The smallest absolute Gasteiger partial charge is 0.206 e. The molecule has 0 spiro atoms. The maximum absolute atomic E-state index is 10.5. The third-order valence-electron chi connectivity index (χ3n) is 25.4.